The van der Waals surface area contributed by atoms with E-state index in [9.17, 15) is 8.42 Å². The Morgan fingerprint density at radius 1 is 1.31 bits per heavy atom. The molecule has 2 aromatic rings. The monoisotopic (exact) mass is 396 g/mol. The minimum Gasteiger partial charge on any atom is -0.495 e. The molecule has 1 saturated heterocycles. The van der Waals surface area contributed by atoms with Gasteiger partial charge in [0.1, 0.15) is 23.7 Å². The van der Waals surface area contributed by atoms with Crippen molar-refractivity contribution in [1.82, 2.24) is 9.97 Å². The van der Waals surface area contributed by atoms with E-state index in [1.54, 1.807) is 19.2 Å². The van der Waals surface area contributed by atoms with Gasteiger partial charge in [-0.1, -0.05) is 11.6 Å². The van der Waals surface area contributed by atoms with Crippen molar-refractivity contribution < 1.29 is 13.2 Å². The van der Waals surface area contributed by atoms with Crippen LogP contribution in [0.25, 0.3) is 0 Å². The Hall–Kier alpha value is -2.06. The first kappa shape index (κ1) is 18.7. The fourth-order valence-corrected chi connectivity index (χ4v) is 4.87. The van der Waals surface area contributed by atoms with Gasteiger partial charge in [-0.2, -0.15) is 0 Å². The lowest BCUT2D eigenvalue weighted by Gasteiger charge is -2.24. The van der Waals surface area contributed by atoms with Gasteiger partial charge >= 0.3 is 0 Å². The second-order valence-electron chi connectivity index (χ2n) is 6.36. The molecule has 9 heteroatoms. The van der Waals surface area contributed by atoms with Gasteiger partial charge in [0.25, 0.3) is 0 Å². The number of nitrogens with one attached hydrogen (secondary N) is 1. The van der Waals surface area contributed by atoms with Crippen LogP contribution in [0.1, 0.15) is 12.0 Å². The molecule has 1 N–H and O–H groups in total. The zero-order valence-corrected chi connectivity index (χ0v) is 16.4. The molecule has 1 aromatic carbocycles. The van der Waals surface area contributed by atoms with Crippen molar-refractivity contribution in [2.24, 2.45) is 0 Å². The normalized spacial score (nSPS) is 18.5. The number of methoxy groups -OCH3 is 1. The van der Waals surface area contributed by atoms with Gasteiger partial charge in [0, 0.05) is 30.2 Å². The van der Waals surface area contributed by atoms with Crippen LogP contribution >= 0.6 is 11.6 Å². The van der Waals surface area contributed by atoms with Crippen LogP contribution in [0.15, 0.2) is 24.5 Å². The number of nitrogens with zero attached hydrogens (tertiary/aromatic N) is 3. The topological polar surface area (TPSA) is 84.4 Å². The van der Waals surface area contributed by atoms with E-state index in [0.29, 0.717) is 28.8 Å². The van der Waals surface area contributed by atoms with E-state index >= 15 is 0 Å². The number of sulfone groups is 1. The minimum absolute atomic E-state index is 0.0740. The summed E-state index contributed by atoms with van der Waals surface area (Å²) in [5.74, 6) is 2.23. The van der Waals surface area contributed by atoms with Crippen LogP contribution in [-0.4, -0.2) is 50.1 Å². The first-order valence-corrected chi connectivity index (χ1v) is 10.4. The van der Waals surface area contributed by atoms with Gasteiger partial charge in [0.2, 0.25) is 0 Å². The van der Waals surface area contributed by atoms with Crippen molar-refractivity contribution in [2.75, 3.05) is 35.9 Å². The van der Waals surface area contributed by atoms with Gasteiger partial charge in [-0.25, -0.2) is 18.4 Å². The molecule has 1 atom stereocenters. The second-order valence-corrected chi connectivity index (χ2v) is 8.99. The van der Waals surface area contributed by atoms with Crippen LogP contribution < -0.4 is 15.0 Å². The van der Waals surface area contributed by atoms with Crippen LogP contribution in [0.4, 0.5) is 17.3 Å². The molecule has 0 bridgehead atoms. The number of aromatic nitrogens is 2. The van der Waals surface area contributed by atoms with E-state index in [-0.39, 0.29) is 17.5 Å². The maximum absolute atomic E-state index is 11.7. The Bertz CT molecular complexity index is 920. The molecule has 1 aliphatic rings. The first-order valence-electron chi connectivity index (χ1n) is 8.15. The van der Waals surface area contributed by atoms with Crippen molar-refractivity contribution in [1.29, 1.82) is 0 Å². The molecule has 7 nitrogen and oxygen atoms in total. The van der Waals surface area contributed by atoms with Crippen LogP contribution in [0, 0.1) is 6.92 Å². The number of rotatable bonds is 5. The summed E-state index contributed by atoms with van der Waals surface area (Å²) < 4.78 is 28.8. The third-order valence-electron chi connectivity index (χ3n) is 4.51. The Labute approximate surface area is 158 Å². The Morgan fingerprint density at radius 3 is 2.73 bits per heavy atom. The van der Waals surface area contributed by atoms with Crippen molar-refractivity contribution in [3.63, 3.8) is 0 Å². The maximum atomic E-state index is 11.7. The molecule has 1 unspecified atom stereocenters. The highest BCUT2D eigenvalue weighted by molar-refractivity contribution is 7.91. The molecule has 0 spiro atoms. The van der Waals surface area contributed by atoms with Gasteiger partial charge in [-0.15, -0.1) is 0 Å². The lowest BCUT2D eigenvalue weighted by molar-refractivity contribution is 0.416. The molecular weight excluding hydrogens is 376 g/mol. The van der Waals surface area contributed by atoms with Crippen LogP contribution in [0.2, 0.25) is 5.02 Å². The molecule has 1 fully saturated rings. The number of ether oxygens (including phenoxy) is 1. The van der Waals surface area contributed by atoms with Crippen molar-refractivity contribution in [3.05, 3.63) is 35.1 Å². The summed E-state index contributed by atoms with van der Waals surface area (Å²) in [6, 6.07) is 5.34. The number of hydrogen-bond donors (Lipinski definition) is 1. The van der Waals surface area contributed by atoms with Crippen molar-refractivity contribution in [2.45, 2.75) is 19.4 Å². The highest BCUT2D eigenvalue weighted by Crippen LogP contribution is 2.33. The molecule has 1 aliphatic heterocycles. The van der Waals surface area contributed by atoms with Crippen LogP contribution in [0.5, 0.6) is 5.75 Å². The number of halogens is 1. The summed E-state index contributed by atoms with van der Waals surface area (Å²) in [7, 11) is 0.472. The predicted molar refractivity (Wildman–Crippen MR) is 104 cm³/mol. The smallest absolute Gasteiger partial charge is 0.152 e. The van der Waals surface area contributed by atoms with Crippen molar-refractivity contribution in [3.8, 4) is 5.75 Å². The largest absolute Gasteiger partial charge is 0.495 e. The summed E-state index contributed by atoms with van der Waals surface area (Å²) in [4.78, 5) is 10.4. The average molecular weight is 397 g/mol. The van der Waals surface area contributed by atoms with E-state index in [2.05, 4.69) is 15.3 Å². The number of anilines is 3. The van der Waals surface area contributed by atoms with E-state index in [4.69, 9.17) is 16.3 Å². The fourth-order valence-electron chi connectivity index (χ4n) is 2.94. The minimum atomic E-state index is -2.95. The Kier molecular flexibility index (Phi) is 5.24. The fraction of sp³-hybridized carbons (Fsp3) is 0.412. The molecule has 0 saturated carbocycles. The summed E-state index contributed by atoms with van der Waals surface area (Å²) in [6.45, 7) is 1.91. The quantitative estimate of drug-likeness (QED) is 0.831. The van der Waals surface area contributed by atoms with E-state index < -0.39 is 9.84 Å². The zero-order valence-electron chi connectivity index (χ0n) is 14.9. The predicted octanol–water partition coefficient (Wildman–Crippen LogP) is 2.81. The van der Waals surface area contributed by atoms with Crippen LogP contribution in [0.3, 0.4) is 0 Å². The lowest BCUT2D eigenvalue weighted by atomic mass is 10.2. The molecule has 0 amide bonds. The third-order valence-corrected chi connectivity index (χ3v) is 6.67. The number of benzene rings is 1. The number of aryl methyl sites for hydroxylation is 1. The molecular formula is C17H21ClN4O3S. The molecule has 140 valence electrons. The summed E-state index contributed by atoms with van der Waals surface area (Å²) in [5.41, 5.74) is 1.66. The summed E-state index contributed by atoms with van der Waals surface area (Å²) in [5, 5.41) is 3.84. The first-order chi connectivity index (χ1) is 12.3. The highest BCUT2D eigenvalue weighted by Gasteiger charge is 2.31. The van der Waals surface area contributed by atoms with Gasteiger partial charge in [0.15, 0.2) is 9.84 Å². The Morgan fingerprint density at radius 2 is 2.08 bits per heavy atom. The summed E-state index contributed by atoms with van der Waals surface area (Å²) >= 11 is 6.14. The van der Waals surface area contributed by atoms with Crippen molar-refractivity contribution >= 4 is 38.8 Å². The van der Waals surface area contributed by atoms with Gasteiger partial charge in [-0.05, 0) is 25.0 Å². The Balaban J connectivity index is 1.83. The molecule has 3 rings (SSSR count). The van der Waals surface area contributed by atoms with Gasteiger partial charge in [-0.3, -0.25) is 0 Å². The average Bonchev–Trinajstić information content (AvgIpc) is 2.97. The zero-order chi connectivity index (χ0) is 18.9. The SMILES string of the molecule is COc1cc(Cl)c(C)cc1Nc1cc(N(C)C2CCS(=O)(=O)C2)ncn1. The molecule has 26 heavy (non-hydrogen) atoms. The molecule has 0 aliphatic carbocycles. The summed E-state index contributed by atoms with van der Waals surface area (Å²) in [6.07, 6.45) is 2.06. The molecule has 2 heterocycles. The highest BCUT2D eigenvalue weighted by atomic mass is 35.5. The van der Waals surface area contributed by atoms with E-state index in [0.717, 1.165) is 11.3 Å². The lowest BCUT2D eigenvalue weighted by Crippen LogP contribution is -2.33. The third kappa shape index (κ3) is 4.02. The van der Waals surface area contributed by atoms with E-state index in [1.165, 1.54) is 6.33 Å². The standard InChI is InChI=1S/C17H21ClN4O3S/c1-11-6-14(15(25-3)7-13(11)18)21-16-8-17(20-10-19-16)22(2)12-4-5-26(23,24)9-12/h6-8,10,12H,4-5,9H2,1-3H3,(H,19,20,21). The molecule has 1 aromatic heterocycles. The maximum Gasteiger partial charge on any atom is 0.152 e. The molecule has 0 radical (unpaired) electrons. The second kappa shape index (κ2) is 7.28. The van der Waals surface area contributed by atoms with Gasteiger partial charge in [0.05, 0.1) is 24.3 Å². The van der Waals surface area contributed by atoms with Crippen LogP contribution in [-0.2, 0) is 9.84 Å². The van der Waals surface area contributed by atoms with E-state index in [1.807, 2.05) is 24.9 Å². The van der Waals surface area contributed by atoms with Gasteiger partial charge < -0.3 is 15.0 Å². The number of hydrogen-bond acceptors (Lipinski definition) is 7.